The fourth-order valence-electron chi connectivity index (χ4n) is 2.43. The quantitative estimate of drug-likeness (QED) is 0.751. The van der Waals surface area contributed by atoms with Crippen LogP contribution in [0.25, 0.3) is 11.0 Å². The lowest BCUT2D eigenvalue weighted by Crippen LogP contribution is -2.31. The summed E-state index contributed by atoms with van der Waals surface area (Å²) in [6, 6.07) is 12.7. The number of sulfonamides is 1. The van der Waals surface area contributed by atoms with Gasteiger partial charge in [-0.2, -0.15) is 0 Å². The average molecular weight is 330 g/mol. The highest BCUT2D eigenvalue weighted by Crippen LogP contribution is 2.13. The van der Waals surface area contributed by atoms with Gasteiger partial charge in [0, 0.05) is 12.7 Å². The van der Waals surface area contributed by atoms with Crippen LogP contribution in [0.5, 0.6) is 0 Å². The third kappa shape index (κ3) is 3.75. The molecule has 0 aliphatic rings. The smallest absolute Gasteiger partial charge is 0.213 e. The van der Waals surface area contributed by atoms with Crippen molar-refractivity contribution in [3.05, 3.63) is 60.7 Å². The van der Waals surface area contributed by atoms with Crippen LogP contribution in [0.2, 0.25) is 0 Å². The Kier molecular flexibility index (Phi) is 4.40. The number of fused-ring (bicyclic) bond motifs is 1. The highest BCUT2D eigenvalue weighted by molar-refractivity contribution is 7.89. The van der Waals surface area contributed by atoms with E-state index in [2.05, 4.69) is 14.7 Å². The fourth-order valence-corrected chi connectivity index (χ4v) is 3.64. The van der Waals surface area contributed by atoms with Gasteiger partial charge >= 0.3 is 0 Å². The number of hydrogen-bond acceptors (Lipinski definition) is 4. The van der Waals surface area contributed by atoms with Gasteiger partial charge in [0.15, 0.2) is 0 Å². The standard InChI is InChI=1S/C16H18N4O2S/c1-13(14-6-4-5-9-17-14)19-23(21,22)11-10-20-12-18-15-7-2-3-8-16(15)20/h2-9,12-13,19H,10-11H2,1H3. The van der Waals surface area contributed by atoms with Crippen molar-refractivity contribution in [2.75, 3.05) is 5.75 Å². The van der Waals surface area contributed by atoms with Crippen molar-refractivity contribution < 1.29 is 8.42 Å². The van der Waals surface area contributed by atoms with Crippen molar-refractivity contribution in [1.29, 1.82) is 0 Å². The van der Waals surface area contributed by atoms with Crippen LogP contribution >= 0.6 is 0 Å². The fraction of sp³-hybridized carbons (Fsp3) is 0.250. The molecule has 3 rings (SSSR count). The van der Waals surface area contributed by atoms with E-state index in [-0.39, 0.29) is 11.8 Å². The van der Waals surface area contributed by atoms with Crippen molar-refractivity contribution in [3.63, 3.8) is 0 Å². The second kappa shape index (κ2) is 6.47. The van der Waals surface area contributed by atoms with Gasteiger partial charge in [-0.15, -0.1) is 0 Å². The van der Waals surface area contributed by atoms with Crippen LogP contribution in [0, 0.1) is 0 Å². The molecule has 0 aliphatic carbocycles. The maximum absolute atomic E-state index is 12.3. The molecular formula is C16H18N4O2S. The first-order valence-electron chi connectivity index (χ1n) is 7.36. The molecule has 23 heavy (non-hydrogen) atoms. The summed E-state index contributed by atoms with van der Waals surface area (Å²) in [4.78, 5) is 8.44. The van der Waals surface area contributed by atoms with Crippen molar-refractivity contribution in [2.45, 2.75) is 19.5 Å². The number of imidazole rings is 1. The average Bonchev–Trinajstić information content (AvgIpc) is 2.97. The second-order valence-electron chi connectivity index (χ2n) is 5.34. The summed E-state index contributed by atoms with van der Waals surface area (Å²) in [6.45, 7) is 2.14. The number of benzene rings is 1. The first kappa shape index (κ1) is 15.6. The van der Waals surface area contributed by atoms with Crippen LogP contribution in [0.4, 0.5) is 0 Å². The van der Waals surface area contributed by atoms with Crippen LogP contribution in [0.3, 0.4) is 0 Å². The zero-order valence-electron chi connectivity index (χ0n) is 12.8. The highest BCUT2D eigenvalue weighted by Gasteiger charge is 2.17. The van der Waals surface area contributed by atoms with E-state index in [0.717, 1.165) is 11.0 Å². The molecule has 0 bridgehead atoms. The number of aromatic nitrogens is 3. The molecule has 2 heterocycles. The third-order valence-corrected chi connectivity index (χ3v) is 5.05. The molecule has 120 valence electrons. The first-order valence-corrected chi connectivity index (χ1v) is 9.01. The van der Waals surface area contributed by atoms with Crippen molar-refractivity contribution in [2.24, 2.45) is 0 Å². The second-order valence-corrected chi connectivity index (χ2v) is 7.21. The Morgan fingerprint density at radius 3 is 2.70 bits per heavy atom. The molecule has 0 aliphatic heterocycles. The van der Waals surface area contributed by atoms with Crippen LogP contribution < -0.4 is 4.72 Å². The van der Waals surface area contributed by atoms with E-state index < -0.39 is 10.0 Å². The summed E-state index contributed by atoms with van der Waals surface area (Å²) in [5, 5.41) is 0. The summed E-state index contributed by atoms with van der Waals surface area (Å²) in [7, 11) is -3.41. The molecule has 0 spiro atoms. The monoisotopic (exact) mass is 330 g/mol. The maximum Gasteiger partial charge on any atom is 0.213 e. The largest absolute Gasteiger partial charge is 0.330 e. The minimum atomic E-state index is -3.41. The summed E-state index contributed by atoms with van der Waals surface area (Å²) in [5.41, 5.74) is 2.49. The Hall–Kier alpha value is -2.25. The number of pyridine rings is 1. The molecule has 0 radical (unpaired) electrons. The Morgan fingerprint density at radius 2 is 1.91 bits per heavy atom. The van der Waals surface area contributed by atoms with E-state index in [9.17, 15) is 8.42 Å². The third-order valence-electron chi connectivity index (χ3n) is 3.62. The number of nitrogens with one attached hydrogen (secondary N) is 1. The molecular weight excluding hydrogens is 312 g/mol. The minimum Gasteiger partial charge on any atom is -0.330 e. The van der Waals surface area contributed by atoms with E-state index in [1.807, 2.05) is 34.9 Å². The SMILES string of the molecule is CC(NS(=O)(=O)CCn1cnc2ccccc21)c1ccccn1. The van der Waals surface area contributed by atoms with Crippen molar-refractivity contribution in [1.82, 2.24) is 19.3 Å². The summed E-state index contributed by atoms with van der Waals surface area (Å²) < 4.78 is 29.1. The lowest BCUT2D eigenvalue weighted by molar-refractivity contribution is 0.558. The Balaban J connectivity index is 1.67. The zero-order chi connectivity index (χ0) is 16.3. The topological polar surface area (TPSA) is 76.9 Å². The van der Waals surface area contributed by atoms with Crippen LogP contribution in [-0.2, 0) is 16.6 Å². The molecule has 1 unspecified atom stereocenters. The van der Waals surface area contributed by atoms with Gasteiger partial charge in [0.2, 0.25) is 10.0 Å². The van der Waals surface area contributed by atoms with Gasteiger partial charge in [0.25, 0.3) is 0 Å². The summed E-state index contributed by atoms with van der Waals surface area (Å²) in [6.07, 6.45) is 3.32. The predicted molar refractivity (Wildman–Crippen MR) is 89.3 cm³/mol. The molecule has 1 atom stereocenters. The minimum absolute atomic E-state index is 0.00940. The van der Waals surface area contributed by atoms with Crippen molar-refractivity contribution >= 4 is 21.1 Å². The molecule has 6 nitrogen and oxygen atoms in total. The number of hydrogen-bond donors (Lipinski definition) is 1. The maximum atomic E-state index is 12.3. The van der Waals surface area contributed by atoms with E-state index in [4.69, 9.17) is 0 Å². The van der Waals surface area contributed by atoms with Crippen molar-refractivity contribution in [3.8, 4) is 0 Å². The van der Waals surface area contributed by atoms with Gasteiger partial charge in [0.05, 0.1) is 34.8 Å². The van der Waals surface area contributed by atoms with Crippen LogP contribution in [0.1, 0.15) is 18.7 Å². The van der Waals surface area contributed by atoms with Gasteiger partial charge in [-0.25, -0.2) is 18.1 Å². The number of para-hydroxylation sites is 2. The lowest BCUT2D eigenvalue weighted by Gasteiger charge is -2.14. The van der Waals surface area contributed by atoms with E-state index >= 15 is 0 Å². The molecule has 1 N–H and O–H groups in total. The van der Waals surface area contributed by atoms with Gasteiger partial charge in [0.1, 0.15) is 0 Å². The van der Waals surface area contributed by atoms with Crippen LogP contribution in [-0.4, -0.2) is 28.7 Å². The molecule has 0 fully saturated rings. The van der Waals surface area contributed by atoms with Gasteiger partial charge in [-0.3, -0.25) is 4.98 Å². The van der Waals surface area contributed by atoms with Gasteiger partial charge < -0.3 is 4.57 Å². The van der Waals surface area contributed by atoms with Gasteiger partial charge in [-0.05, 0) is 31.2 Å². The lowest BCUT2D eigenvalue weighted by atomic mass is 10.2. The molecule has 2 aromatic heterocycles. The summed E-state index contributed by atoms with van der Waals surface area (Å²) in [5.74, 6) is -0.00940. The van der Waals surface area contributed by atoms with E-state index in [1.54, 1.807) is 31.6 Å². The molecule has 0 amide bonds. The molecule has 0 saturated carbocycles. The first-order chi connectivity index (χ1) is 11.1. The Bertz CT molecular complexity index is 891. The molecule has 3 aromatic rings. The molecule has 1 aromatic carbocycles. The Morgan fingerprint density at radius 1 is 1.13 bits per heavy atom. The molecule has 7 heteroatoms. The predicted octanol–water partition coefficient (Wildman–Crippen LogP) is 2.11. The van der Waals surface area contributed by atoms with Crippen LogP contribution in [0.15, 0.2) is 55.0 Å². The summed E-state index contributed by atoms with van der Waals surface area (Å²) >= 11 is 0. The highest BCUT2D eigenvalue weighted by atomic mass is 32.2. The number of nitrogens with zero attached hydrogens (tertiary/aromatic N) is 3. The number of rotatable bonds is 6. The van der Waals surface area contributed by atoms with Gasteiger partial charge in [-0.1, -0.05) is 18.2 Å². The zero-order valence-corrected chi connectivity index (χ0v) is 13.6. The number of aryl methyl sites for hydroxylation is 1. The van der Waals surface area contributed by atoms with E-state index in [0.29, 0.717) is 12.2 Å². The normalized spacial score (nSPS) is 13.3. The molecule has 0 saturated heterocycles. The Labute approximate surface area is 135 Å². The van der Waals surface area contributed by atoms with E-state index in [1.165, 1.54) is 0 Å².